The highest BCUT2D eigenvalue weighted by atomic mass is 16.2. The molecule has 1 aliphatic heterocycles. The van der Waals surface area contributed by atoms with Crippen LogP contribution < -0.4 is 5.73 Å². The number of benzene rings is 1. The van der Waals surface area contributed by atoms with Gasteiger partial charge in [-0.25, -0.2) is 0 Å². The smallest absolute Gasteiger partial charge is 0.237 e. The third kappa shape index (κ3) is 2.68. The van der Waals surface area contributed by atoms with Gasteiger partial charge in [0.05, 0.1) is 5.92 Å². The second-order valence-corrected chi connectivity index (χ2v) is 4.91. The highest BCUT2D eigenvalue weighted by Gasteiger charge is 2.42. The molecule has 4 nitrogen and oxygen atoms in total. The number of hydrogen-bond acceptors (Lipinski definition) is 3. The van der Waals surface area contributed by atoms with E-state index in [0.29, 0.717) is 13.0 Å². The number of likely N-dealkylation sites (tertiary alicyclic amines) is 1. The summed E-state index contributed by atoms with van der Waals surface area (Å²) >= 11 is 0. The van der Waals surface area contributed by atoms with Gasteiger partial charge in [0.15, 0.2) is 0 Å². The molecular weight excluding hydrogens is 240 g/mol. The van der Waals surface area contributed by atoms with Crippen molar-refractivity contribution in [3.63, 3.8) is 0 Å². The molecule has 0 spiro atoms. The summed E-state index contributed by atoms with van der Waals surface area (Å²) in [7, 11) is 0. The molecule has 2 N–H and O–H groups in total. The van der Waals surface area contributed by atoms with E-state index in [-0.39, 0.29) is 30.2 Å². The van der Waals surface area contributed by atoms with Crippen LogP contribution in [0.2, 0.25) is 0 Å². The fourth-order valence-corrected chi connectivity index (χ4v) is 2.69. The Balaban J connectivity index is 2.21. The minimum Gasteiger partial charge on any atom is -0.330 e. The first-order chi connectivity index (χ1) is 9.19. The predicted molar refractivity (Wildman–Crippen MR) is 73.4 cm³/mol. The van der Waals surface area contributed by atoms with Crippen LogP contribution in [-0.4, -0.2) is 29.3 Å². The standard InChI is InChI=1S/C15H20N2O2/c1-2-12(8-9-16)17-14(18)10-13(15(17)19)11-6-4-3-5-7-11/h3-7,12-13H,2,8-10,16H2,1H3. The van der Waals surface area contributed by atoms with Gasteiger partial charge in [0.1, 0.15) is 0 Å². The Labute approximate surface area is 113 Å². The number of nitrogens with two attached hydrogens (primary N) is 1. The van der Waals surface area contributed by atoms with Gasteiger partial charge < -0.3 is 5.73 Å². The Morgan fingerprint density at radius 2 is 2.00 bits per heavy atom. The van der Waals surface area contributed by atoms with Gasteiger partial charge in [0.2, 0.25) is 11.8 Å². The Morgan fingerprint density at radius 1 is 1.32 bits per heavy atom. The van der Waals surface area contributed by atoms with Crippen LogP contribution in [0.15, 0.2) is 30.3 Å². The number of imide groups is 1. The van der Waals surface area contributed by atoms with Gasteiger partial charge in [-0.1, -0.05) is 37.3 Å². The Morgan fingerprint density at radius 3 is 2.58 bits per heavy atom. The summed E-state index contributed by atoms with van der Waals surface area (Å²) in [6.45, 7) is 2.47. The van der Waals surface area contributed by atoms with E-state index in [9.17, 15) is 9.59 Å². The Hall–Kier alpha value is -1.68. The van der Waals surface area contributed by atoms with Crippen molar-refractivity contribution in [2.24, 2.45) is 5.73 Å². The molecule has 0 saturated carbocycles. The fraction of sp³-hybridized carbons (Fsp3) is 0.467. The monoisotopic (exact) mass is 260 g/mol. The SMILES string of the molecule is CCC(CCN)N1C(=O)CC(c2ccccc2)C1=O. The lowest BCUT2D eigenvalue weighted by atomic mass is 9.98. The summed E-state index contributed by atoms with van der Waals surface area (Å²) in [4.78, 5) is 26.0. The quantitative estimate of drug-likeness (QED) is 0.819. The van der Waals surface area contributed by atoms with Crippen LogP contribution in [0, 0.1) is 0 Å². The van der Waals surface area contributed by atoms with Crippen molar-refractivity contribution in [1.29, 1.82) is 0 Å². The third-order valence-corrected chi connectivity index (χ3v) is 3.72. The second kappa shape index (κ2) is 5.97. The van der Waals surface area contributed by atoms with Gasteiger partial charge in [0, 0.05) is 12.5 Å². The van der Waals surface area contributed by atoms with Crippen LogP contribution in [0.3, 0.4) is 0 Å². The topological polar surface area (TPSA) is 63.4 Å². The van der Waals surface area contributed by atoms with Crippen molar-refractivity contribution in [2.75, 3.05) is 6.54 Å². The first kappa shape index (κ1) is 13.7. The molecule has 4 heteroatoms. The molecule has 0 bridgehead atoms. The summed E-state index contributed by atoms with van der Waals surface area (Å²) in [6.07, 6.45) is 1.72. The normalized spacial score (nSPS) is 20.9. The van der Waals surface area contributed by atoms with Crippen molar-refractivity contribution in [3.8, 4) is 0 Å². The lowest BCUT2D eigenvalue weighted by Gasteiger charge is -2.25. The van der Waals surface area contributed by atoms with E-state index in [2.05, 4.69) is 0 Å². The van der Waals surface area contributed by atoms with E-state index in [1.807, 2.05) is 37.3 Å². The minimum absolute atomic E-state index is 0.0567. The molecule has 1 aliphatic rings. The van der Waals surface area contributed by atoms with Crippen LogP contribution in [0.4, 0.5) is 0 Å². The summed E-state index contributed by atoms with van der Waals surface area (Å²) in [5.74, 6) is -0.462. The molecule has 1 saturated heterocycles. The number of carbonyl (C=O) groups excluding carboxylic acids is 2. The number of hydrogen-bond donors (Lipinski definition) is 1. The van der Waals surface area contributed by atoms with Gasteiger partial charge in [-0.05, 0) is 24.9 Å². The Bertz CT molecular complexity index is 458. The maximum atomic E-state index is 12.5. The highest BCUT2D eigenvalue weighted by molar-refractivity contribution is 6.06. The average Bonchev–Trinajstić information content (AvgIpc) is 2.73. The zero-order valence-corrected chi connectivity index (χ0v) is 11.2. The second-order valence-electron chi connectivity index (χ2n) is 4.91. The third-order valence-electron chi connectivity index (χ3n) is 3.72. The van der Waals surface area contributed by atoms with Gasteiger partial charge in [-0.15, -0.1) is 0 Å². The molecule has 0 aromatic heterocycles. The molecule has 2 amide bonds. The van der Waals surface area contributed by atoms with Crippen molar-refractivity contribution in [3.05, 3.63) is 35.9 Å². The van der Waals surface area contributed by atoms with E-state index in [1.54, 1.807) is 0 Å². The Kier molecular flexibility index (Phi) is 4.32. The van der Waals surface area contributed by atoms with Gasteiger partial charge in [-0.3, -0.25) is 14.5 Å². The molecule has 102 valence electrons. The summed E-state index contributed by atoms with van der Waals surface area (Å²) in [5, 5.41) is 0. The molecule has 2 rings (SSSR count). The van der Waals surface area contributed by atoms with Gasteiger partial charge >= 0.3 is 0 Å². The number of nitrogens with zero attached hydrogens (tertiary/aromatic N) is 1. The van der Waals surface area contributed by atoms with Crippen LogP contribution in [0.25, 0.3) is 0 Å². The van der Waals surface area contributed by atoms with Crippen LogP contribution in [0.1, 0.15) is 37.7 Å². The maximum absolute atomic E-state index is 12.5. The minimum atomic E-state index is -0.319. The zero-order valence-electron chi connectivity index (χ0n) is 11.2. The van der Waals surface area contributed by atoms with E-state index in [4.69, 9.17) is 5.73 Å². The lowest BCUT2D eigenvalue weighted by Crippen LogP contribution is -2.40. The maximum Gasteiger partial charge on any atom is 0.237 e. The largest absolute Gasteiger partial charge is 0.330 e. The van der Waals surface area contributed by atoms with Gasteiger partial charge in [-0.2, -0.15) is 0 Å². The van der Waals surface area contributed by atoms with Crippen molar-refractivity contribution in [2.45, 2.75) is 38.1 Å². The molecule has 1 heterocycles. The molecule has 19 heavy (non-hydrogen) atoms. The first-order valence-corrected chi connectivity index (χ1v) is 6.80. The molecule has 2 atom stereocenters. The van der Waals surface area contributed by atoms with Crippen LogP contribution >= 0.6 is 0 Å². The van der Waals surface area contributed by atoms with Crippen molar-refractivity contribution >= 4 is 11.8 Å². The van der Waals surface area contributed by atoms with Gasteiger partial charge in [0.25, 0.3) is 0 Å². The predicted octanol–water partition coefficient (Wildman–Crippen LogP) is 1.66. The highest BCUT2D eigenvalue weighted by Crippen LogP contribution is 2.31. The zero-order chi connectivity index (χ0) is 13.8. The van der Waals surface area contributed by atoms with E-state index < -0.39 is 0 Å². The van der Waals surface area contributed by atoms with Crippen molar-refractivity contribution < 1.29 is 9.59 Å². The molecule has 1 aromatic rings. The van der Waals surface area contributed by atoms with E-state index >= 15 is 0 Å². The molecule has 2 unspecified atom stereocenters. The number of rotatable bonds is 5. The molecule has 1 aromatic carbocycles. The van der Waals surface area contributed by atoms with E-state index in [0.717, 1.165) is 12.0 Å². The molecule has 0 aliphatic carbocycles. The first-order valence-electron chi connectivity index (χ1n) is 6.80. The van der Waals surface area contributed by atoms with Crippen LogP contribution in [0.5, 0.6) is 0 Å². The summed E-state index contributed by atoms with van der Waals surface area (Å²) in [6, 6.07) is 9.46. The fourth-order valence-electron chi connectivity index (χ4n) is 2.69. The van der Waals surface area contributed by atoms with E-state index in [1.165, 1.54) is 4.90 Å². The summed E-state index contributed by atoms with van der Waals surface area (Å²) in [5.41, 5.74) is 6.48. The van der Waals surface area contributed by atoms with Crippen LogP contribution in [-0.2, 0) is 9.59 Å². The van der Waals surface area contributed by atoms with Crippen molar-refractivity contribution in [1.82, 2.24) is 4.90 Å². The molecule has 0 radical (unpaired) electrons. The average molecular weight is 260 g/mol. The lowest BCUT2D eigenvalue weighted by molar-refractivity contribution is -0.141. The number of carbonyl (C=O) groups is 2. The molecule has 1 fully saturated rings. The summed E-state index contributed by atoms with van der Waals surface area (Å²) < 4.78 is 0. The number of amides is 2. The molecular formula is C15H20N2O2.